The first-order valence-corrected chi connectivity index (χ1v) is 10.6. The molecule has 144 valence electrons. The van der Waals surface area contributed by atoms with Crippen LogP contribution < -0.4 is 4.31 Å². The van der Waals surface area contributed by atoms with Crippen molar-refractivity contribution in [2.24, 2.45) is 0 Å². The van der Waals surface area contributed by atoms with Crippen LogP contribution >= 0.6 is 0 Å². The fourth-order valence-corrected chi connectivity index (χ4v) is 4.11. The summed E-state index contributed by atoms with van der Waals surface area (Å²) in [5.41, 5.74) is 0.504. The average molecular weight is 382 g/mol. The first-order valence-electron chi connectivity index (χ1n) is 8.73. The molecule has 1 saturated heterocycles. The van der Waals surface area contributed by atoms with Gasteiger partial charge in [0.05, 0.1) is 24.6 Å². The third-order valence-electron chi connectivity index (χ3n) is 4.65. The number of methoxy groups -OCH3 is 1. The number of sulfonamides is 1. The normalized spacial score (nSPS) is 17.7. The molecule has 1 aromatic carbocycles. The van der Waals surface area contributed by atoms with Crippen molar-refractivity contribution in [1.82, 2.24) is 4.90 Å². The van der Waals surface area contributed by atoms with Gasteiger partial charge in [-0.15, -0.1) is 0 Å². The number of piperidine rings is 1. The van der Waals surface area contributed by atoms with E-state index in [2.05, 4.69) is 4.74 Å². The molecule has 0 bridgehead atoms. The van der Waals surface area contributed by atoms with Crippen LogP contribution in [-0.4, -0.2) is 57.7 Å². The monoisotopic (exact) mass is 382 g/mol. The SMILES string of the molecule is CCC1CCCCN1C(=O)CN(c1cccc(C(=O)OC)c1)S(C)(=O)=O. The molecule has 0 spiro atoms. The van der Waals surface area contributed by atoms with Crippen molar-refractivity contribution in [2.75, 3.05) is 30.8 Å². The van der Waals surface area contributed by atoms with Gasteiger partial charge in [0, 0.05) is 12.6 Å². The summed E-state index contributed by atoms with van der Waals surface area (Å²) in [6, 6.07) is 6.25. The lowest BCUT2D eigenvalue weighted by molar-refractivity contribution is -0.133. The summed E-state index contributed by atoms with van der Waals surface area (Å²) in [5, 5.41) is 0. The number of amides is 1. The number of hydrogen-bond donors (Lipinski definition) is 0. The standard InChI is InChI=1S/C18H26N2O5S/c1-4-15-9-5-6-11-19(15)17(21)13-20(26(3,23)24)16-10-7-8-14(12-16)18(22)25-2/h7-8,10,12,15H,4-6,9,11,13H2,1-3H3. The molecule has 0 aromatic heterocycles. The Balaban J connectivity index is 2.29. The van der Waals surface area contributed by atoms with Gasteiger partial charge < -0.3 is 9.64 Å². The van der Waals surface area contributed by atoms with E-state index in [1.807, 2.05) is 6.92 Å². The summed E-state index contributed by atoms with van der Waals surface area (Å²) >= 11 is 0. The maximum Gasteiger partial charge on any atom is 0.337 e. The molecule has 26 heavy (non-hydrogen) atoms. The molecule has 1 atom stereocenters. The van der Waals surface area contributed by atoms with Gasteiger partial charge in [-0.2, -0.15) is 0 Å². The summed E-state index contributed by atoms with van der Waals surface area (Å²) in [6.45, 7) is 2.40. The number of nitrogens with zero attached hydrogens (tertiary/aromatic N) is 2. The Kier molecular flexibility index (Phi) is 6.63. The van der Waals surface area contributed by atoms with E-state index in [9.17, 15) is 18.0 Å². The highest BCUT2D eigenvalue weighted by Gasteiger charge is 2.29. The van der Waals surface area contributed by atoms with Crippen LogP contribution in [0, 0.1) is 0 Å². The molecule has 8 heteroatoms. The van der Waals surface area contributed by atoms with E-state index in [4.69, 9.17) is 0 Å². The Morgan fingerprint density at radius 3 is 2.65 bits per heavy atom. The summed E-state index contributed by atoms with van der Waals surface area (Å²) in [6.07, 6.45) is 4.86. The first kappa shape index (κ1) is 20.2. The van der Waals surface area contributed by atoms with Gasteiger partial charge in [0.15, 0.2) is 0 Å². The molecule has 1 aliphatic heterocycles. The molecule has 0 radical (unpaired) electrons. The van der Waals surface area contributed by atoms with E-state index in [-0.39, 0.29) is 29.7 Å². The smallest absolute Gasteiger partial charge is 0.337 e. The maximum absolute atomic E-state index is 12.8. The topological polar surface area (TPSA) is 84.0 Å². The van der Waals surface area contributed by atoms with Crippen molar-refractivity contribution < 1.29 is 22.7 Å². The molecule has 0 saturated carbocycles. The fraction of sp³-hybridized carbons (Fsp3) is 0.556. The second-order valence-corrected chi connectivity index (χ2v) is 8.36. The predicted molar refractivity (Wildman–Crippen MR) is 99.6 cm³/mol. The number of benzene rings is 1. The molecular formula is C18H26N2O5S. The molecule has 1 aromatic rings. The van der Waals surface area contributed by atoms with E-state index in [0.717, 1.165) is 36.2 Å². The lowest BCUT2D eigenvalue weighted by Crippen LogP contribution is -2.49. The molecule has 2 rings (SSSR count). The number of carbonyl (C=O) groups is 2. The Labute approximate surface area is 155 Å². The zero-order valence-corrected chi connectivity index (χ0v) is 16.3. The summed E-state index contributed by atoms with van der Waals surface area (Å²) in [7, 11) is -2.43. The molecule has 0 aliphatic carbocycles. The summed E-state index contributed by atoms with van der Waals surface area (Å²) in [4.78, 5) is 26.3. The third kappa shape index (κ3) is 4.75. The van der Waals surface area contributed by atoms with E-state index >= 15 is 0 Å². The molecule has 1 fully saturated rings. The lowest BCUT2D eigenvalue weighted by Gasteiger charge is -2.36. The average Bonchev–Trinajstić information content (AvgIpc) is 2.64. The van der Waals surface area contributed by atoms with Crippen molar-refractivity contribution >= 4 is 27.6 Å². The van der Waals surface area contributed by atoms with Crippen LogP contribution in [0.15, 0.2) is 24.3 Å². The molecule has 7 nitrogen and oxygen atoms in total. The fourth-order valence-electron chi connectivity index (χ4n) is 3.27. The second kappa shape index (κ2) is 8.53. The summed E-state index contributed by atoms with van der Waals surface area (Å²) < 4.78 is 30.3. The van der Waals surface area contributed by atoms with Crippen molar-refractivity contribution in [3.8, 4) is 0 Å². The van der Waals surface area contributed by atoms with Gasteiger partial charge in [0.1, 0.15) is 6.54 Å². The third-order valence-corrected chi connectivity index (χ3v) is 5.79. The summed E-state index contributed by atoms with van der Waals surface area (Å²) in [5.74, 6) is -0.779. The molecule has 1 aliphatic rings. The first-order chi connectivity index (χ1) is 12.3. The highest BCUT2D eigenvalue weighted by Crippen LogP contribution is 2.23. The minimum atomic E-state index is -3.69. The van der Waals surface area contributed by atoms with Gasteiger partial charge in [0.2, 0.25) is 15.9 Å². The number of esters is 1. The maximum atomic E-state index is 12.8. The zero-order chi connectivity index (χ0) is 19.3. The van der Waals surface area contributed by atoms with E-state index in [1.54, 1.807) is 17.0 Å². The van der Waals surface area contributed by atoms with Crippen LogP contribution in [0.2, 0.25) is 0 Å². The van der Waals surface area contributed by atoms with Crippen LogP contribution in [0.5, 0.6) is 0 Å². The lowest BCUT2D eigenvalue weighted by atomic mass is 10.00. The number of rotatable bonds is 6. The number of ether oxygens (including phenoxy) is 1. The number of anilines is 1. The van der Waals surface area contributed by atoms with E-state index in [1.165, 1.54) is 19.2 Å². The molecule has 1 heterocycles. The number of likely N-dealkylation sites (tertiary alicyclic amines) is 1. The van der Waals surface area contributed by atoms with Crippen molar-refractivity contribution in [1.29, 1.82) is 0 Å². The Hall–Kier alpha value is -2.09. The van der Waals surface area contributed by atoms with Gasteiger partial charge in [-0.3, -0.25) is 9.10 Å². The van der Waals surface area contributed by atoms with Crippen LogP contribution in [0.1, 0.15) is 43.0 Å². The van der Waals surface area contributed by atoms with Crippen LogP contribution in [0.25, 0.3) is 0 Å². The Morgan fingerprint density at radius 1 is 1.31 bits per heavy atom. The van der Waals surface area contributed by atoms with Gasteiger partial charge >= 0.3 is 5.97 Å². The minimum absolute atomic E-state index is 0.152. The molecule has 0 N–H and O–H groups in total. The van der Waals surface area contributed by atoms with E-state index in [0.29, 0.717) is 6.54 Å². The van der Waals surface area contributed by atoms with Crippen LogP contribution in [0.3, 0.4) is 0 Å². The van der Waals surface area contributed by atoms with Crippen molar-refractivity contribution in [3.05, 3.63) is 29.8 Å². The van der Waals surface area contributed by atoms with Crippen LogP contribution in [-0.2, 0) is 19.6 Å². The quantitative estimate of drug-likeness (QED) is 0.703. The van der Waals surface area contributed by atoms with Crippen molar-refractivity contribution in [3.63, 3.8) is 0 Å². The van der Waals surface area contributed by atoms with Crippen molar-refractivity contribution in [2.45, 2.75) is 38.6 Å². The zero-order valence-electron chi connectivity index (χ0n) is 15.5. The highest BCUT2D eigenvalue weighted by atomic mass is 32.2. The van der Waals surface area contributed by atoms with Gasteiger partial charge in [-0.05, 0) is 43.9 Å². The van der Waals surface area contributed by atoms with Gasteiger partial charge in [0.25, 0.3) is 0 Å². The molecular weight excluding hydrogens is 356 g/mol. The second-order valence-electron chi connectivity index (χ2n) is 6.46. The number of carbonyl (C=O) groups excluding carboxylic acids is 2. The Bertz CT molecular complexity index is 763. The molecule has 1 unspecified atom stereocenters. The van der Waals surface area contributed by atoms with Gasteiger partial charge in [-0.25, -0.2) is 13.2 Å². The number of hydrogen-bond acceptors (Lipinski definition) is 5. The van der Waals surface area contributed by atoms with Crippen LogP contribution in [0.4, 0.5) is 5.69 Å². The molecule has 1 amide bonds. The predicted octanol–water partition coefficient (Wildman–Crippen LogP) is 2.03. The largest absolute Gasteiger partial charge is 0.465 e. The van der Waals surface area contributed by atoms with Gasteiger partial charge in [-0.1, -0.05) is 13.0 Å². The van der Waals surface area contributed by atoms with E-state index < -0.39 is 16.0 Å². The minimum Gasteiger partial charge on any atom is -0.465 e. The Morgan fingerprint density at radius 2 is 2.04 bits per heavy atom. The highest BCUT2D eigenvalue weighted by molar-refractivity contribution is 7.92.